The molecule has 1 aliphatic carbocycles. The first-order valence-electron chi connectivity index (χ1n) is 7.37. The number of fused-ring (bicyclic) bond motifs is 2. The highest BCUT2D eigenvalue weighted by Crippen LogP contribution is 2.47. The maximum Gasteiger partial charge on any atom is 0.306 e. The second-order valence-electron chi connectivity index (χ2n) is 6.41. The Morgan fingerprint density at radius 1 is 1.22 bits per heavy atom. The van der Waals surface area contributed by atoms with Gasteiger partial charge in [-0.25, -0.2) is 0 Å². The summed E-state index contributed by atoms with van der Waals surface area (Å²) in [6, 6.07) is 0. The third-order valence-corrected chi connectivity index (χ3v) is 5.06. The number of esters is 1. The molecule has 2 unspecified atom stereocenters. The van der Waals surface area contributed by atoms with Crippen molar-refractivity contribution >= 4 is 5.97 Å². The smallest absolute Gasteiger partial charge is 0.306 e. The molecule has 0 spiro atoms. The van der Waals surface area contributed by atoms with Crippen molar-refractivity contribution in [3.05, 3.63) is 0 Å². The standard InChI is InChI=1S/C15H27NO2/c1-5-18-15(17)7-12-13-8-16(4)9-14(12)11(3)6-10(13)2/h10-14H,5-9H2,1-4H3/t10-,11-,12?,13?,14?/m1/s1. The van der Waals surface area contributed by atoms with E-state index < -0.39 is 0 Å². The van der Waals surface area contributed by atoms with Crippen molar-refractivity contribution in [2.24, 2.45) is 29.6 Å². The van der Waals surface area contributed by atoms with Gasteiger partial charge in [-0.3, -0.25) is 4.79 Å². The molecule has 0 aromatic carbocycles. The Morgan fingerprint density at radius 2 is 1.78 bits per heavy atom. The van der Waals surface area contributed by atoms with Crippen LogP contribution in [0, 0.1) is 29.6 Å². The Bertz CT molecular complexity index is 287. The zero-order valence-electron chi connectivity index (χ0n) is 12.2. The lowest BCUT2D eigenvalue weighted by molar-refractivity contribution is -0.148. The van der Waals surface area contributed by atoms with Crippen LogP contribution in [0.25, 0.3) is 0 Å². The molecule has 3 nitrogen and oxygen atoms in total. The fourth-order valence-electron chi connectivity index (χ4n) is 4.24. The van der Waals surface area contributed by atoms with E-state index in [9.17, 15) is 4.79 Å². The molecule has 2 aliphatic rings. The lowest BCUT2D eigenvalue weighted by Gasteiger charge is -2.52. The molecule has 4 atom stereocenters. The summed E-state index contributed by atoms with van der Waals surface area (Å²) in [5.74, 6) is 3.36. The van der Waals surface area contributed by atoms with E-state index in [0.717, 1.165) is 24.9 Å². The number of rotatable bonds is 3. The van der Waals surface area contributed by atoms with Crippen molar-refractivity contribution in [2.75, 3.05) is 26.7 Å². The summed E-state index contributed by atoms with van der Waals surface area (Å²) in [5.41, 5.74) is 0. The number of nitrogens with zero attached hydrogens (tertiary/aromatic N) is 1. The normalized spacial score (nSPS) is 40.6. The first-order valence-corrected chi connectivity index (χ1v) is 7.37. The molecule has 3 heteroatoms. The number of hydrogen-bond acceptors (Lipinski definition) is 3. The van der Waals surface area contributed by atoms with Crippen LogP contribution in [0.1, 0.15) is 33.6 Å². The summed E-state index contributed by atoms with van der Waals surface area (Å²) in [4.78, 5) is 14.2. The molecule has 2 fully saturated rings. The van der Waals surface area contributed by atoms with Crippen molar-refractivity contribution in [3.8, 4) is 0 Å². The van der Waals surface area contributed by atoms with Gasteiger partial charge in [-0.2, -0.15) is 0 Å². The highest BCUT2D eigenvalue weighted by atomic mass is 16.5. The highest BCUT2D eigenvalue weighted by Gasteiger charge is 2.45. The number of carbonyl (C=O) groups excluding carboxylic acids is 1. The molecular weight excluding hydrogens is 226 g/mol. The van der Waals surface area contributed by atoms with Gasteiger partial charge in [0.05, 0.1) is 6.61 Å². The predicted molar refractivity (Wildman–Crippen MR) is 72.2 cm³/mol. The minimum Gasteiger partial charge on any atom is -0.466 e. The van der Waals surface area contributed by atoms with Gasteiger partial charge in [0.15, 0.2) is 0 Å². The lowest BCUT2D eigenvalue weighted by Crippen LogP contribution is -2.53. The summed E-state index contributed by atoms with van der Waals surface area (Å²) in [6.07, 6.45) is 1.95. The molecule has 0 aromatic rings. The van der Waals surface area contributed by atoms with Crippen molar-refractivity contribution in [3.63, 3.8) is 0 Å². The first kappa shape index (κ1) is 13.9. The van der Waals surface area contributed by atoms with E-state index in [4.69, 9.17) is 4.74 Å². The van der Waals surface area contributed by atoms with Gasteiger partial charge in [-0.1, -0.05) is 13.8 Å². The van der Waals surface area contributed by atoms with E-state index in [1.807, 2.05) is 6.92 Å². The quantitative estimate of drug-likeness (QED) is 0.723. The molecule has 1 saturated carbocycles. The number of carbonyl (C=O) groups is 1. The molecule has 2 bridgehead atoms. The van der Waals surface area contributed by atoms with E-state index >= 15 is 0 Å². The lowest BCUT2D eigenvalue weighted by atomic mass is 9.59. The van der Waals surface area contributed by atoms with E-state index in [1.165, 1.54) is 6.42 Å². The second-order valence-corrected chi connectivity index (χ2v) is 6.41. The van der Waals surface area contributed by atoms with Crippen molar-refractivity contribution in [1.82, 2.24) is 4.90 Å². The average Bonchev–Trinajstić information content (AvgIpc) is 2.29. The number of ether oxygens (including phenoxy) is 1. The van der Waals surface area contributed by atoms with E-state index in [2.05, 4.69) is 25.8 Å². The van der Waals surface area contributed by atoms with Crippen LogP contribution in [0.3, 0.4) is 0 Å². The average molecular weight is 253 g/mol. The Kier molecular flexibility index (Phi) is 4.31. The molecule has 1 aliphatic heterocycles. The number of likely N-dealkylation sites (tertiary alicyclic amines) is 1. The number of piperidine rings is 1. The van der Waals surface area contributed by atoms with Crippen molar-refractivity contribution in [1.29, 1.82) is 0 Å². The third kappa shape index (κ3) is 2.71. The van der Waals surface area contributed by atoms with Crippen LogP contribution in [-0.4, -0.2) is 37.6 Å². The predicted octanol–water partition coefficient (Wildman–Crippen LogP) is 2.41. The van der Waals surface area contributed by atoms with Crippen LogP contribution in [-0.2, 0) is 9.53 Å². The van der Waals surface area contributed by atoms with E-state index in [-0.39, 0.29) is 5.97 Å². The molecule has 1 heterocycles. The van der Waals surface area contributed by atoms with Crippen LogP contribution >= 0.6 is 0 Å². The van der Waals surface area contributed by atoms with Gasteiger partial charge in [0, 0.05) is 19.5 Å². The second kappa shape index (κ2) is 5.60. The van der Waals surface area contributed by atoms with E-state index in [1.54, 1.807) is 0 Å². The van der Waals surface area contributed by atoms with Gasteiger partial charge in [0.25, 0.3) is 0 Å². The number of hydrogen-bond donors (Lipinski definition) is 0. The SMILES string of the molecule is CCOC(=O)CC1C2CN(C)CC1[C@H](C)C[C@H]2C. The monoisotopic (exact) mass is 253 g/mol. The summed E-state index contributed by atoms with van der Waals surface area (Å²) in [5, 5.41) is 0. The minimum atomic E-state index is 0.00310. The Labute approximate surface area is 111 Å². The van der Waals surface area contributed by atoms with Gasteiger partial charge in [0.1, 0.15) is 0 Å². The molecule has 2 rings (SSSR count). The zero-order valence-corrected chi connectivity index (χ0v) is 12.2. The molecular formula is C15H27NO2. The molecule has 0 N–H and O–H groups in total. The van der Waals surface area contributed by atoms with E-state index in [0.29, 0.717) is 30.8 Å². The third-order valence-electron chi connectivity index (χ3n) is 5.06. The topological polar surface area (TPSA) is 29.5 Å². The Morgan fingerprint density at radius 3 is 2.28 bits per heavy atom. The zero-order chi connectivity index (χ0) is 13.3. The summed E-state index contributed by atoms with van der Waals surface area (Å²) < 4.78 is 5.15. The Hall–Kier alpha value is -0.570. The maximum absolute atomic E-state index is 11.8. The van der Waals surface area contributed by atoms with Gasteiger partial charge in [-0.15, -0.1) is 0 Å². The molecule has 0 aromatic heterocycles. The Balaban J connectivity index is 2.09. The maximum atomic E-state index is 11.8. The molecule has 18 heavy (non-hydrogen) atoms. The van der Waals surface area contributed by atoms with Gasteiger partial charge >= 0.3 is 5.97 Å². The van der Waals surface area contributed by atoms with Crippen LogP contribution in [0.4, 0.5) is 0 Å². The largest absolute Gasteiger partial charge is 0.466 e. The summed E-state index contributed by atoms with van der Waals surface area (Å²) in [7, 11) is 2.21. The molecule has 0 amide bonds. The van der Waals surface area contributed by atoms with Gasteiger partial charge in [-0.05, 0) is 50.0 Å². The van der Waals surface area contributed by atoms with Crippen LogP contribution in [0.2, 0.25) is 0 Å². The minimum absolute atomic E-state index is 0.00310. The van der Waals surface area contributed by atoms with Crippen LogP contribution < -0.4 is 0 Å². The molecule has 0 radical (unpaired) electrons. The van der Waals surface area contributed by atoms with Crippen LogP contribution in [0.15, 0.2) is 0 Å². The highest BCUT2D eigenvalue weighted by molar-refractivity contribution is 5.69. The summed E-state index contributed by atoms with van der Waals surface area (Å²) >= 11 is 0. The fourth-order valence-corrected chi connectivity index (χ4v) is 4.24. The van der Waals surface area contributed by atoms with Crippen LogP contribution in [0.5, 0.6) is 0 Å². The van der Waals surface area contributed by atoms with Gasteiger partial charge in [0.2, 0.25) is 0 Å². The summed E-state index contributed by atoms with van der Waals surface area (Å²) in [6.45, 7) is 9.40. The van der Waals surface area contributed by atoms with Crippen molar-refractivity contribution < 1.29 is 9.53 Å². The van der Waals surface area contributed by atoms with Gasteiger partial charge < -0.3 is 9.64 Å². The molecule has 104 valence electrons. The van der Waals surface area contributed by atoms with Crippen molar-refractivity contribution in [2.45, 2.75) is 33.6 Å². The molecule has 1 saturated heterocycles. The first-order chi connectivity index (χ1) is 8.52. The fraction of sp³-hybridized carbons (Fsp3) is 0.933.